The Hall–Kier alpha value is -3.12. The highest BCUT2D eigenvalue weighted by atomic mass is 35.5. The number of carbonyl (C=O) groups is 3. The average molecular weight is 439 g/mol. The summed E-state index contributed by atoms with van der Waals surface area (Å²) in [5.41, 5.74) is 1.33. The molecule has 1 aliphatic heterocycles. The van der Waals surface area contributed by atoms with Gasteiger partial charge in [-0.25, -0.2) is 4.79 Å². The normalized spacial score (nSPS) is 18.9. The van der Waals surface area contributed by atoms with Gasteiger partial charge in [0.25, 0.3) is 11.8 Å². The first kappa shape index (κ1) is 21.1. The van der Waals surface area contributed by atoms with E-state index in [1.807, 2.05) is 24.3 Å². The monoisotopic (exact) mass is 438 g/mol. The first-order valence-corrected chi connectivity index (χ1v) is 10.8. The van der Waals surface area contributed by atoms with Gasteiger partial charge < -0.3 is 4.74 Å². The third kappa shape index (κ3) is 4.64. The zero-order valence-electron chi connectivity index (χ0n) is 17.0. The van der Waals surface area contributed by atoms with Crippen LogP contribution in [0.3, 0.4) is 0 Å². The highest BCUT2D eigenvalue weighted by Gasteiger charge is 2.40. The molecule has 1 heterocycles. The number of ether oxygens (including phenoxy) is 1. The summed E-state index contributed by atoms with van der Waals surface area (Å²) in [5, 5.41) is 2.91. The van der Waals surface area contributed by atoms with Crippen molar-refractivity contribution in [3.05, 3.63) is 70.3 Å². The van der Waals surface area contributed by atoms with Gasteiger partial charge in [-0.05, 0) is 31.1 Å². The Bertz CT molecular complexity index is 1040. The molecule has 31 heavy (non-hydrogen) atoms. The van der Waals surface area contributed by atoms with Crippen LogP contribution in [0.2, 0.25) is 5.02 Å². The molecule has 2 fully saturated rings. The number of rotatable bonds is 5. The summed E-state index contributed by atoms with van der Waals surface area (Å²) in [6.07, 6.45) is 6.04. The molecule has 6 nitrogen and oxygen atoms in total. The number of hydrogen-bond acceptors (Lipinski definition) is 4. The smallest absolute Gasteiger partial charge is 0.331 e. The van der Waals surface area contributed by atoms with Crippen LogP contribution in [0.1, 0.15) is 43.2 Å². The predicted octanol–water partition coefficient (Wildman–Crippen LogP) is 4.71. The van der Waals surface area contributed by atoms with Crippen LogP contribution in [0.15, 0.2) is 54.1 Å². The van der Waals surface area contributed by atoms with Gasteiger partial charge in [-0.15, -0.1) is 0 Å². The third-order valence-corrected chi connectivity index (χ3v) is 6.00. The molecule has 1 saturated heterocycles. The van der Waals surface area contributed by atoms with Crippen LogP contribution in [0, 0.1) is 0 Å². The van der Waals surface area contributed by atoms with E-state index < -0.39 is 17.8 Å². The second kappa shape index (κ2) is 9.35. The van der Waals surface area contributed by atoms with Crippen LogP contribution in [-0.4, -0.2) is 28.8 Å². The maximum atomic E-state index is 13.1. The van der Waals surface area contributed by atoms with Crippen LogP contribution >= 0.6 is 11.6 Å². The fraction of sp³-hybridized carbons (Fsp3) is 0.292. The molecule has 7 heteroatoms. The van der Waals surface area contributed by atoms with E-state index >= 15 is 0 Å². The molecule has 2 aliphatic rings. The average Bonchev–Trinajstić information content (AvgIpc) is 2.77. The zero-order valence-corrected chi connectivity index (χ0v) is 17.7. The van der Waals surface area contributed by atoms with Crippen molar-refractivity contribution in [1.29, 1.82) is 0 Å². The van der Waals surface area contributed by atoms with Crippen molar-refractivity contribution in [1.82, 2.24) is 10.2 Å². The van der Waals surface area contributed by atoms with Gasteiger partial charge in [0.15, 0.2) is 0 Å². The number of amides is 4. The van der Waals surface area contributed by atoms with Crippen molar-refractivity contribution in [2.45, 2.75) is 44.8 Å². The van der Waals surface area contributed by atoms with E-state index in [4.69, 9.17) is 16.3 Å². The van der Waals surface area contributed by atoms with Crippen molar-refractivity contribution in [3.8, 4) is 5.75 Å². The number of imide groups is 2. The van der Waals surface area contributed by atoms with Crippen molar-refractivity contribution in [2.75, 3.05) is 0 Å². The van der Waals surface area contributed by atoms with Gasteiger partial charge in [0.05, 0.1) is 0 Å². The van der Waals surface area contributed by atoms with E-state index in [0.29, 0.717) is 16.3 Å². The number of para-hydroxylation sites is 1. The summed E-state index contributed by atoms with van der Waals surface area (Å²) in [7, 11) is 0. The van der Waals surface area contributed by atoms with Gasteiger partial charge in [0, 0.05) is 22.2 Å². The largest absolute Gasteiger partial charge is 0.488 e. The molecule has 2 aromatic carbocycles. The Labute approximate surface area is 185 Å². The number of benzene rings is 2. The summed E-state index contributed by atoms with van der Waals surface area (Å²) in [5.74, 6) is -0.735. The number of hydrogen-bond donors (Lipinski definition) is 1. The van der Waals surface area contributed by atoms with E-state index in [1.54, 1.807) is 24.3 Å². The number of halogens is 1. The summed E-state index contributed by atoms with van der Waals surface area (Å²) in [6.45, 7) is 0.243. The topological polar surface area (TPSA) is 75.7 Å². The second-order valence-electron chi connectivity index (χ2n) is 7.70. The first-order chi connectivity index (χ1) is 15.0. The number of barbiturate groups is 1. The zero-order chi connectivity index (χ0) is 21.8. The van der Waals surface area contributed by atoms with E-state index in [1.165, 1.54) is 11.0 Å². The van der Waals surface area contributed by atoms with Gasteiger partial charge in [-0.3, -0.25) is 19.8 Å². The Morgan fingerprint density at radius 2 is 1.71 bits per heavy atom. The lowest BCUT2D eigenvalue weighted by molar-refractivity contribution is -0.132. The molecule has 0 bridgehead atoms. The molecule has 160 valence electrons. The summed E-state index contributed by atoms with van der Waals surface area (Å²) >= 11 is 6.20. The molecule has 1 saturated carbocycles. The fourth-order valence-electron chi connectivity index (χ4n) is 4.00. The van der Waals surface area contributed by atoms with Crippen LogP contribution in [0.5, 0.6) is 5.75 Å². The van der Waals surface area contributed by atoms with Crippen molar-refractivity contribution >= 4 is 35.5 Å². The highest BCUT2D eigenvalue weighted by Crippen LogP contribution is 2.28. The van der Waals surface area contributed by atoms with E-state index in [0.717, 1.165) is 37.7 Å². The summed E-state index contributed by atoms with van der Waals surface area (Å²) < 4.78 is 5.93. The van der Waals surface area contributed by atoms with Crippen molar-refractivity contribution in [2.24, 2.45) is 0 Å². The quantitative estimate of drug-likeness (QED) is 0.541. The van der Waals surface area contributed by atoms with Crippen molar-refractivity contribution < 1.29 is 19.1 Å². The molecule has 0 atom stereocenters. The van der Waals surface area contributed by atoms with Crippen LogP contribution in [0.25, 0.3) is 6.08 Å². The maximum Gasteiger partial charge on any atom is 0.331 e. The van der Waals surface area contributed by atoms with Crippen LogP contribution in [0.4, 0.5) is 4.79 Å². The second-order valence-corrected chi connectivity index (χ2v) is 8.11. The van der Waals surface area contributed by atoms with E-state index in [-0.39, 0.29) is 18.2 Å². The molecule has 0 aromatic heterocycles. The summed E-state index contributed by atoms with van der Waals surface area (Å²) in [4.78, 5) is 39.2. The minimum Gasteiger partial charge on any atom is -0.488 e. The maximum absolute atomic E-state index is 13.1. The van der Waals surface area contributed by atoms with Crippen LogP contribution < -0.4 is 10.1 Å². The Balaban J connectivity index is 1.59. The molecule has 2 aromatic rings. The summed E-state index contributed by atoms with van der Waals surface area (Å²) in [6, 6.07) is 13.7. The SMILES string of the molecule is O=C1NC(=O)N(C2CCCCC2)C(=O)/C1=C\c1ccccc1OCc1ccccc1Cl. The standard InChI is InChI=1S/C24H23ClN2O4/c25-20-12-6-4-9-17(20)15-31-21-13-7-5-8-16(21)14-19-22(28)26-24(30)27(23(19)29)18-10-2-1-3-11-18/h4-9,12-14,18H,1-3,10-11,15H2,(H,26,28,30)/b19-14-. The van der Waals surface area contributed by atoms with Gasteiger partial charge >= 0.3 is 6.03 Å². The Kier molecular flexibility index (Phi) is 6.37. The van der Waals surface area contributed by atoms with Gasteiger partial charge in [-0.1, -0.05) is 67.3 Å². The van der Waals surface area contributed by atoms with Crippen LogP contribution in [-0.2, 0) is 16.2 Å². The molecule has 0 spiro atoms. The van der Waals surface area contributed by atoms with Crippen molar-refractivity contribution in [3.63, 3.8) is 0 Å². The molecule has 0 unspecified atom stereocenters. The molecule has 1 N–H and O–H groups in total. The fourth-order valence-corrected chi connectivity index (χ4v) is 4.19. The highest BCUT2D eigenvalue weighted by molar-refractivity contribution is 6.31. The Morgan fingerprint density at radius 1 is 1.00 bits per heavy atom. The Morgan fingerprint density at radius 3 is 2.48 bits per heavy atom. The molecule has 4 rings (SSSR count). The first-order valence-electron chi connectivity index (χ1n) is 10.4. The van der Waals surface area contributed by atoms with E-state index in [2.05, 4.69) is 5.32 Å². The lowest BCUT2D eigenvalue weighted by Crippen LogP contribution is -2.58. The number of carbonyl (C=O) groups excluding carboxylic acids is 3. The van der Waals surface area contributed by atoms with Gasteiger partial charge in [0.2, 0.25) is 0 Å². The molecule has 1 aliphatic carbocycles. The van der Waals surface area contributed by atoms with E-state index in [9.17, 15) is 14.4 Å². The number of nitrogens with one attached hydrogen (secondary N) is 1. The van der Waals surface area contributed by atoms with Gasteiger partial charge in [0.1, 0.15) is 17.9 Å². The number of urea groups is 1. The number of nitrogens with zero attached hydrogens (tertiary/aromatic N) is 1. The molecular weight excluding hydrogens is 416 g/mol. The minimum absolute atomic E-state index is 0.0704. The third-order valence-electron chi connectivity index (χ3n) is 5.63. The minimum atomic E-state index is -0.692. The predicted molar refractivity (Wildman–Crippen MR) is 117 cm³/mol. The lowest BCUT2D eigenvalue weighted by atomic mass is 9.93. The molecule has 4 amide bonds. The lowest BCUT2D eigenvalue weighted by Gasteiger charge is -2.35. The van der Waals surface area contributed by atoms with Gasteiger partial charge in [-0.2, -0.15) is 0 Å². The molecule has 0 radical (unpaired) electrons. The molecular formula is C24H23ClN2O4.